The van der Waals surface area contributed by atoms with Crippen molar-refractivity contribution in [2.75, 3.05) is 14.2 Å². The lowest BCUT2D eigenvalue weighted by Crippen LogP contribution is -2.65. The van der Waals surface area contributed by atoms with E-state index in [-0.39, 0.29) is 17.8 Å². The minimum atomic E-state index is -1.64. The summed E-state index contributed by atoms with van der Waals surface area (Å²) in [6, 6.07) is 0. The van der Waals surface area contributed by atoms with Crippen molar-refractivity contribution in [1.82, 2.24) is 0 Å². The molecule has 0 aromatic rings. The molecule has 0 spiro atoms. The van der Waals surface area contributed by atoms with Crippen LogP contribution in [0.5, 0.6) is 0 Å². The Hall–Kier alpha value is -1.53. The van der Waals surface area contributed by atoms with Gasteiger partial charge in [-0.05, 0) is 18.6 Å². The van der Waals surface area contributed by atoms with Gasteiger partial charge in [-0.25, -0.2) is 0 Å². The number of ether oxygens (including phenoxy) is 2. The van der Waals surface area contributed by atoms with Gasteiger partial charge in [0.25, 0.3) is 0 Å². The second-order valence-corrected chi connectivity index (χ2v) is 5.57. The predicted octanol–water partition coefficient (Wildman–Crippen LogP) is 0.986. The zero-order valence-corrected chi connectivity index (χ0v) is 12.4. The van der Waals surface area contributed by atoms with Crippen molar-refractivity contribution in [2.45, 2.75) is 38.9 Å². The summed E-state index contributed by atoms with van der Waals surface area (Å²) in [5.74, 6) is -1.89. The molecule has 0 amide bonds. The van der Waals surface area contributed by atoms with Gasteiger partial charge in [0.2, 0.25) is 0 Å². The molecule has 0 aromatic carbocycles. The number of ketones is 2. The van der Waals surface area contributed by atoms with Gasteiger partial charge >= 0.3 is 5.97 Å². The van der Waals surface area contributed by atoms with Crippen molar-refractivity contribution in [1.29, 1.82) is 0 Å². The molecule has 6 nitrogen and oxygen atoms in total. The van der Waals surface area contributed by atoms with E-state index in [1.165, 1.54) is 27.2 Å². The minimum Gasteiger partial charge on any atom is -0.481 e. The molecule has 2 atom stereocenters. The topological polar surface area (TPSA) is 89.9 Å². The Bertz CT molecular complexity index is 476. The second kappa shape index (κ2) is 5.46. The first-order valence-electron chi connectivity index (χ1n) is 6.20. The van der Waals surface area contributed by atoms with Crippen LogP contribution in [0.4, 0.5) is 0 Å². The van der Waals surface area contributed by atoms with Crippen LogP contribution in [0.3, 0.4) is 0 Å². The summed E-state index contributed by atoms with van der Waals surface area (Å²) in [7, 11) is 2.59. The van der Waals surface area contributed by atoms with Crippen molar-refractivity contribution in [3.8, 4) is 0 Å². The third kappa shape index (κ3) is 2.29. The lowest BCUT2D eigenvalue weighted by Gasteiger charge is -2.48. The molecule has 0 saturated carbocycles. The molecule has 2 unspecified atom stereocenters. The van der Waals surface area contributed by atoms with Gasteiger partial charge in [0.05, 0.1) is 6.42 Å². The monoisotopic (exact) mass is 284 g/mol. The molecular weight excluding hydrogens is 264 g/mol. The van der Waals surface area contributed by atoms with E-state index in [9.17, 15) is 14.4 Å². The fraction of sp³-hybridized carbons (Fsp3) is 0.643. The van der Waals surface area contributed by atoms with Crippen LogP contribution in [0, 0.1) is 5.41 Å². The number of Topliss-reactive ketones (excluding diaryl/α,β-unsaturated/α-hetero) is 1. The zero-order valence-electron chi connectivity index (χ0n) is 12.4. The first kappa shape index (κ1) is 16.5. The molecule has 1 rings (SSSR count). The lowest BCUT2D eigenvalue weighted by atomic mass is 9.63. The number of hydrogen-bond acceptors (Lipinski definition) is 5. The Balaban J connectivity index is 3.49. The Morgan fingerprint density at radius 3 is 2.35 bits per heavy atom. The Morgan fingerprint density at radius 2 is 1.95 bits per heavy atom. The molecule has 0 saturated heterocycles. The molecular formula is C14H20O6. The summed E-state index contributed by atoms with van der Waals surface area (Å²) in [5, 5.41) is 9.04. The average molecular weight is 284 g/mol. The van der Waals surface area contributed by atoms with Crippen LogP contribution in [0.25, 0.3) is 0 Å². The highest BCUT2D eigenvalue weighted by Crippen LogP contribution is 2.44. The largest absolute Gasteiger partial charge is 0.481 e. The van der Waals surface area contributed by atoms with Crippen molar-refractivity contribution in [3.63, 3.8) is 0 Å². The fourth-order valence-electron chi connectivity index (χ4n) is 2.85. The maximum absolute atomic E-state index is 12.5. The van der Waals surface area contributed by atoms with Crippen molar-refractivity contribution in [2.24, 2.45) is 5.41 Å². The van der Waals surface area contributed by atoms with Crippen molar-refractivity contribution in [3.05, 3.63) is 11.6 Å². The molecule has 0 bridgehead atoms. The zero-order chi connectivity index (χ0) is 15.7. The van der Waals surface area contributed by atoms with Gasteiger partial charge in [0, 0.05) is 19.6 Å². The van der Waals surface area contributed by atoms with Gasteiger partial charge in [-0.3, -0.25) is 14.4 Å². The van der Waals surface area contributed by atoms with Crippen LogP contribution in [0.2, 0.25) is 0 Å². The van der Waals surface area contributed by atoms with Crippen LogP contribution in [-0.4, -0.2) is 48.6 Å². The quantitative estimate of drug-likeness (QED) is 0.809. The number of carboxylic acids is 1. The van der Waals surface area contributed by atoms with E-state index < -0.39 is 28.9 Å². The van der Waals surface area contributed by atoms with Crippen LogP contribution in [-0.2, 0) is 23.9 Å². The highest BCUT2D eigenvalue weighted by Gasteiger charge is 2.61. The number of hydrogen-bond donors (Lipinski definition) is 1. The molecule has 0 radical (unpaired) electrons. The highest BCUT2D eigenvalue weighted by atomic mass is 16.5. The predicted molar refractivity (Wildman–Crippen MR) is 70.3 cm³/mol. The van der Waals surface area contributed by atoms with Gasteiger partial charge < -0.3 is 14.6 Å². The second-order valence-electron chi connectivity index (χ2n) is 5.57. The van der Waals surface area contributed by atoms with Crippen LogP contribution < -0.4 is 0 Å². The van der Waals surface area contributed by atoms with E-state index in [4.69, 9.17) is 14.6 Å². The van der Waals surface area contributed by atoms with E-state index in [1.807, 2.05) is 0 Å². The molecule has 1 aliphatic carbocycles. The first-order chi connectivity index (χ1) is 9.14. The summed E-state index contributed by atoms with van der Waals surface area (Å²) in [5.41, 5.74) is -2.48. The maximum atomic E-state index is 12.5. The molecule has 112 valence electrons. The van der Waals surface area contributed by atoms with E-state index >= 15 is 0 Å². The number of carboxylic acid groups (broad SMARTS) is 1. The number of carbonyl (C=O) groups excluding carboxylic acids is 2. The number of aliphatic carboxylic acids is 1. The first-order valence-corrected chi connectivity index (χ1v) is 6.20. The summed E-state index contributed by atoms with van der Waals surface area (Å²) in [4.78, 5) is 35.8. The molecule has 0 fully saturated rings. The number of rotatable bonds is 5. The molecule has 0 heterocycles. The van der Waals surface area contributed by atoms with E-state index in [2.05, 4.69) is 0 Å². The van der Waals surface area contributed by atoms with Crippen molar-refractivity contribution >= 4 is 17.5 Å². The van der Waals surface area contributed by atoms with Gasteiger partial charge in [-0.15, -0.1) is 0 Å². The Morgan fingerprint density at radius 1 is 1.40 bits per heavy atom. The summed E-state index contributed by atoms with van der Waals surface area (Å²) in [6.45, 7) is 4.68. The van der Waals surface area contributed by atoms with Crippen LogP contribution in [0.1, 0.15) is 27.2 Å². The highest BCUT2D eigenvalue weighted by molar-refractivity contribution is 6.15. The normalized spacial score (nSPS) is 27.4. The lowest BCUT2D eigenvalue weighted by molar-refractivity contribution is -0.193. The summed E-state index contributed by atoms with van der Waals surface area (Å²) < 4.78 is 10.6. The van der Waals surface area contributed by atoms with Gasteiger partial charge in [-0.1, -0.05) is 13.8 Å². The molecule has 0 aromatic heterocycles. The standard InChI is InChI=1S/C14H20O6/c1-8-6-9(15)14(20-5,12(19-4)11(8)18)13(2,3)7-10(16)17/h6,12H,7H2,1-5H3,(H,16,17). The van der Waals surface area contributed by atoms with Crippen LogP contribution in [0.15, 0.2) is 11.6 Å². The van der Waals surface area contributed by atoms with E-state index in [0.29, 0.717) is 0 Å². The maximum Gasteiger partial charge on any atom is 0.304 e. The third-order valence-electron chi connectivity index (χ3n) is 3.87. The van der Waals surface area contributed by atoms with Gasteiger partial charge in [0.1, 0.15) is 0 Å². The average Bonchev–Trinajstić information content (AvgIpc) is 2.31. The Labute approximate surface area is 117 Å². The van der Waals surface area contributed by atoms with E-state index in [0.717, 1.165) is 0 Å². The van der Waals surface area contributed by atoms with Gasteiger partial charge in [-0.2, -0.15) is 0 Å². The van der Waals surface area contributed by atoms with Gasteiger partial charge in [0.15, 0.2) is 23.3 Å². The number of methoxy groups -OCH3 is 2. The molecule has 1 N–H and O–H groups in total. The Kier molecular flexibility index (Phi) is 4.51. The van der Waals surface area contributed by atoms with E-state index in [1.54, 1.807) is 13.8 Å². The molecule has 0 aliphatic heterocycles. The number of carbonyl (C=O) groups is 3. The third-order valence-corrected chi connectivity index (χ3v) is 3.87. The molecule has 6 heteroatoms. The molecule has 20 heavy (non-hydrogen) atoms. The molecule has 1 aliphatic rings. The fourth-order valence-corrected chi connectivity index (χ4v) is 2.85. The summed E-state index contributed by atoms with van der Waals surface area (Å²) in [6.07, 6.45) is -0.281. The smallest absolute Gasteiger partial charge is 0.304 e. The SMILES string of the molecule is COC1C(=O)C(C)=CC(=O)C1(OC)C(C)(C)CC(=O)O. The van der Waals surface area contributed by atoms with Crippen molar-refractivity contribution < 1.29 is 29.0 Å². The summed E-state index contributed by atoms with van der Waals surface area (Å²) >= 11 is 0. The van der Waals surface area contributed by atoms with Crippen LogP contribution >= 0.6 is 0 Å². The minimum absolute atomic E-state index is 0.278.